The minimum atomic E-state index is -1.47. The molecule has 0 saturated heterocycles. The van der Waals surface area contributed by atoms with Gasteiger partial charge in [-0.25, -0.2) is 4.79 Å². The molecule has 0 spiro atoms. The van der Waals surface area contributed by atoms with Crippen LogP contribution in [-0.2, 0) is 40.0 Å². The summed E-state index contributed by atoms with van der Waals surface area (Å²) in [6.07, 6.45) is 15.1. The van der Waals surface area contributed by atoms with Gasteiger partial charge in [0.2, 0.25) is 35.4 Å². The molecular weight excluding hydrogens is 813 g/mol. The molecule has 4 bridgehead atoms. The molecule has 1 heterocycles. The van der Waals surface area contributed by atoms with Crippen LogP contribution in [0.3, 0.4) is 0 Å². The molecular formula is C46H68N6O11. The minimum Gasteiger partial charge on any atom is -0.507 e. The summed E-state index contributed by atoms with van der Waals surface area (Å²) in [4.78, 5) is 94.0. The number of phenols is 2. The number of rotatable bonds is 23. The summed E-state index contributed by atoms with van der Waals surface area (Å²) in [5, 5.41) is 51.3. The van der Waals surface area contributed by atoms with Crippen molar-refractivity contribution in [3.63, 3.8) is 0 Å². The minimum absolute atomic E-state index is 0.0671. The van der Waals surface area contributed by atoms with Crippen LogP contribution in [0.2, 0.25) is 0 Å². The van der Waals surface area contributed by atoms with Crippen LogP contribution in [0.4, 0.5) is 0 Å². The number of carbonyl (C=O) groups excluding carboxylic acids is 6. The van der Waals surface area contributed by atoms with Gasteiger partial charge in [0.15, 0.2) is 0 Å². The van der Waals surface area contributed by atoms with Crippen molar-refractivity contribution in [2.24, 2.45) is 0 Å². The number of nitrogens with one attached hydrogen (secondary N) is 4. The molecule has 17 heteroatoms. The number of fused-ring (bicyclic) bond motifs is 5. The van der Waals surface area contributed by atoms with E-state index in [9.17, 15) is 54.0 Å². The summed E-state index contributed by atoms with van der Waals surface area (Å²) in [7, 11) is 2.70. The number of aliphatic hydroxyl groups is 1. The van der Waals surface area contributed by atoms with Crippen LogP contribution >= 0.6 is 0 Å². The Morgan fingerprint density at radius 1 is 0.762 bits per heavy atom. The van der Waals surface area contributed by atoms with E-state index in [1.54, 1.807) is 0 Å². The first-order valence-electron chi connectivity index (χ1n) is 22.2. The molecule has 1 aliphatic rings. The smallest absolute Gasteiger partial charge is 0.326 e. The van der Waals surface area contributed by atoms with Crippen LogP contribution in [0.1, 0.15) is 128 Å². The van der Waals surface area contributed by atoms with Gasteiger partial charge in [0.1, 0.15) is 41.7 Å². The van der Waals surface area contributed by atoms with E-state index < -0.39 is 78.9 Å². The number of carboxylic acids is 1. The van der Waals surface area contributed by atoms with Gasteiger partial charge in [-0.2, -0.15) is 0 Å². The SMILES string of the molecule is CCCCCCCCCCCCCCCC(=O)N(C)[C@H](CO)C(=O)N[C@H](C)C(=O)NCC(=O)N(C)[C@@H]1C(=O)N[C@@H](C)C(=O)N[C@H](C(=O)O)Cc2ccc(O)c(c2)-c2cc1ccc2O. The van der Waals surface area contributed by atoms with Crippen LogP contribution in [0.5, 0.6) is 11.5 Å². The van der Waals surface area contributed by atoms with E-state index in [-0.39, 0.29) is 46.9 Å². The lowest BCUT2D eigenvalue weighted by molar-refractivity contribution is -0.143. The quantitative estimate of drug-likeness (QED) is 0.0745. The van der Waals surface area contributed by atoms with Crippen LogP contribution in [0.25, 0.3) is 11.1 Å². The van der Waals surface area contributed by atoms with Gasteiger partial charge in [-0.05, 0) is 55.7 Å². The third-order valence-corrected chi connectivity index (χ3v) is 11.5. The molecule has 1 aliphatic heterocycles. The van der Waals surface area contributed by atoms with Crippen molar-refractivity contribution in [2.75, 3.05) is 27.2 Å². The molecule has 17 nitrogen and oxygen atoms in total. The zero-order chi connectivity index (χ0) is 46.6. The van der Waals surface area contributed by atoms with E-state index in [1.807, 2.05) is 0 Å². The summed E-state index contributed by atoms with van der Waals surface area (Å²) in [6, 6.07) is 1.63. The molecule has 0 saturated carbocycles. The molecule has 0 radical (unpaired) electrons. The van der Waals surface area contributed by atoms with Gasteiger partial charge in [-0.15, -0.1) is 0 Å². The number of aliphatic hydroxyl groups excluding tert-OH is 1. The van der Waals surface area contributed by atoms with E-state index in [2.05, 4.69) is 28.2 Å². The molecule has 3 rings (SSSR count). The van der Waals surface area contributed by atoms with Crippen LogP contribution < -0.4 is 21.3 Å². The lowest BCUT2D eigenvalue weighted by atomic mass is 9.94. The maximum absolute atomic E-state index is 13.9. The van der Waals surface area contributed by atoms with E-state index in [1.165, 1.54) is 122 Å². The van der Waals surface area contributed by atoms with Crippen molar-refractivity contribution in [2.45, 2.75) is 147 Å². The first-order chi connectivity index (χ1) is 30.0. The molecule has 6 amide bonds. The molecule has 2 aromatic carbocycles. The predicted octanol–water partition coefficient (Wildman–Crippen LogP) is 3.82. The topological polar surface area (TPSA) is 255 Å². The van der Waals surface area contributed by atoms with Crippen molar-refractivity contribution in [1.29, 1.82) is 0 Å². The molecule has 0 aliphatic carbocycles. The Bertz CT molecular complexity index is 1890. The molecule has 0 fully saturated rings. The Morgan fingerprint density at radius 3 is 1.89 bits per heavy atom. The Morgan fingerprint density at radius 2 is 1.32 bits per heavy atom. The molecule has 0 unspecified atom stereocenters. The summed E-state index contributed by atoms with van der Waals surface area (Å²) in [5.74, 6) is -6.23. The number of carbonyl (C=O) groups is 7. The van der Waals surface area contributed by atoms with Crippen LogP contribution in [-0.4, -0.2) is 123 Å². The molecule has 2 aromatic rings. The number of hydrogen-bond donors (Lipinski definition) is 8. The molecule has 63 heavy (non-hydrogen) atoms. The molecule has 5 atom stereocenters. The van der Waals surface area contributed by atoms with Gasteiger partial charge in [0.05, 0.1) is 13.2 Å². The number of nitrogens with zero attached hydrogens (tertiary/aromatic N) is 2. The number of carboxylic acid groups (broad SMARTS) is 1. The average molecular weight is 881 g/mol. The van der Waals surface area contributed by atoms with E-state index in [0.717, 1.165) is 29.1 Å². The van der Waals surface area contributed by atoms with Gasteiger partial charge in [-0.1, -0.05) is 96.1 Å². The van der Waals surface area contributed by atoms with E-state index in [0.29, 0.717) is 12.0 Å². The number of amides is 6. The number of aromatic hydroxyl groups is 2. The third-order valence-electron chi connectivity index (χ3n) is 11.5. The molecule has 348 valence electrons. The summed E-state index contributed by atoms with van der Waals surface area (Å²) in [6.45, 7) is 3.59. The average Bonchev–Trinajstić information content (AvgIpc) is 3.24. The highest BCUT2D eigenvalue weighted by Crippen LogP contribution is 2.38. The lowest BCUT2D eigenvalue weighted by Crippen LogP contribution is -2.55. The number of hydrogen-bond acceptors (Lipinski definition) is 10. The Labute approximate surface area is 370 Å². The highest BCUT2D eigenvalue weighted by molar-refractivity contribution is 5.96. The van der Waals surface area contributed by atoms with Crippen molar-refractivity contribution in [3.8, 4) is 22.6 Å². The van der Waals surface area contributed by atoms with Gasteiger partial charge in [0, 0.05) is 38.1 Å². The summed E-state index contributed by atoms with van der Waals surface area (Å²) in [5.41, 5.74) is 0.728. The molecule has 8 N–H and O–H groups in total. The Balaban J connectivity index is 1.60. The van der Waals surface area contributed by atoms with Crippen LogP contribution in [0, 0.1) is 0 Å². The monoisotopic (exact) mass is 880 g/mol. The first kappa shape index (κ1) is 51.6. The lowest BCUT2D eigenvalue weighted by Gasteiger charge is -2.30. The number of likely N-dealkylation sites (N-methyl/N-ethyl adjacent to an activating group) is 2. The van der Waals surface area contributed by atoms with E-state index >= 15 is 0 Å². The molecule has 0 aromatic heterocycles. The zero-order valence-electron chi connectivity index (χ0n) is 37.4. The van der Waals surface area contributed by atoms with Gasteiger partial charge < -0.3 is 51.5 Å². The maximum atomic E-state index is 13.9. The van der Waals surface area contributed by atoms with Crippen molar-refractivity contribution >= 4 is 41.4 Å². The second kappa shape index (κ2) is 26.0. The zero-order valence-corrected chi connectivity index (χ0v) is 37.4. The number of benzene rings is 2. The van der Waals surface area contributed by atoms with Crippen molar-refractivity contribution < 1.29 is 54.0 Å². The number of unbranched alkanes of at least 4 members (excludes halogenated alkanes) is 12. The van der Waals surface area contributed by atoms with Gasteiger partial charge in [-0.3, -0.25) is 28.8 Å². The second-order valence-corrected chi connectivity index (χ2v) is 16.5. The largest absolute Gasteiger partial charge is 0.507 e. The van der Waals surface area contributed by atoms with Crippen LogP contribution in [0.15, 0.2) is 36.4 Å². The van der Waals surface area contributed by atoms with Gasteiger partial charge in [0.25, 0.3) is 0 Å². The summed E-state index contributed by atoms with van der Waals surface area (Å²) < 4.78 is 0. The van der Waals surface area contributed by atoms with Gasteiger partial charge >= 0.3 is 5.97 Å². The predicted molar refractivity (Wildman–Crippen MR) is 236 cm³/mol. The highest BCUT2D eigenvalue weighted by Gasteiger charge is 2.34. The second-order valence-electron chi connectivity index (χ2n) is 16.5. The third kappa shape index (κ3) is 15.9. The highest BCUT2D eigenvalue weighted by atomic mass is 16.4. The number of phenolic OH excluding ortho intramolecular Hbond substituents is 2. The summed E-state index contributed by atoms with van der Waals surface area (Å²) >= 11 is 0. The normalized spacial score (nSPS) is 17.3. The Hall–Kier alpha value is -5.71. The fraction of sp³-hybridized carbons (Fsp3) is 0.587. The number of aliphatic carboxylic acids is 1. The van der Waals surface area contributed by atoms with Crippen molar-refractivity contribution in [3.05, 3.63) is 47.5 Å². The fourth-order valence-corrected chi connectivity index (χ4v) is 7.49. The fourth-order valence-electron chi connectivity index (χ4n) is 7.49. The Kier molecular flexibility index (Phi) is 21.3. The first-order valence-corrected chi connectivity index (χ1v) is 22.2. The standard InChI is InChI=1S/C46H68N6O11/c1-6-7-8-9-10-11-12-13-14-15-16-17-18-19-39(56)51(4)36(28-53)44(60)48-29(2)42(58)47-27-40(57)52(5)41-32-21-23-38(55)34(26-32)33-24-31(20-22-37(33)54)25-35(46(62)63)50-43(59)30(3)49-45(41)61/h20-24,26,29-30,35-36,41,53-55H,6-19,25,27-28H2,1-5H3,(H,47,58)(H,48,60)(H,49,61)(H,50,59)(H,62,63)/t29-,30+,35+,36-,41+/m1/s1. The van der Waals surface area contributed by atoms with E-state index in [4.69, 9.17) is 0 Å². The van der Waals surface area contributed by atoms with Crippen molar-refractivity contribution in [1.82, 2.24) is 31.1 Å². The maximum Gasteiger partial charge on any atom is 0.326 e.